The number of halogens is 3. The maximum absolute atomic E-state index is 14.4. The van der Waals surface area contributed by atoms with Crippen LogP contribution in [0.5, 0.6) is 103 Å². The van der Waals surface area contributed by atoms with Crippen LogP contribution in [0.2, 0.25) is 22.0 Å². The number of rotatable bonds is 17. The molecule has 0 spiro atoms. The van der Waals surface area contributed by atoms with Crippen LogP contribution in [0.1, 0.15) is 64.5 Å². The predicted octanol–water partition coefficient (Wildman–Crippen LogP) is 26.3. The van der Waals surface area contributed by atoms with Crippen LogP contribution in [-0.2, 0) is 6.18 Å². The van der Waals surface area contributed by atoms with Gasteiger partial charge in [-0.15, -0.1) is 0 Å². The Hall–Kier alpha value is -15.6. The molecule has 0 fully saturated rings. The molecule has 0 unspecified atom stereocenters. The molecule has 18 aromatic rings. The van der Waals surface area contributed by atoms with E-state index in [9.17, 15) is 13.2 Å². The first-order chi connectivity index (χ1) is 70.9. The van der Waals surface area contributed by atoms with E-state index in [0.717, 1.165) is 199 Å². The van der Waals surface area contributed by atoms with Gasteiger partial charge in [-0.25, -0.2) is 0 Å². The molecular weight excluding hydrogens is 1930 g/mol. The zero-order valence-electron chi connectivity index (χ0n) is 80.9. The molecule has 0 saturated heterocycles. The van der Waals surface area contributed by atoms with Gasteiger partial charge in [0.25, 0.3) is 13.4 Å². The summed E-state index contributed by atoms with van der Waals surface area (Å²) in [7, 11) is -1.87. The van der Waals surface area contributed by atoms with E-state index >= 15 is 0 Å². The molecule has 13 nitrogen and oxygen atoms in total. The van der Waals surface area contributed by atoms with Crippen molar-refractivity contribution in [3.8, 4) is 115 Å². The van der Waals surface area contributed by atoms with Crippen LogP contribution in [0.4, 0.5) is 81.4 Å². The largest absolute Gasteiger partial charge is 0.458 e. The summed E-state index contributed by atoms with van der Waals surface area (Å²) in [6.45, 7) is 16.0. The van der Waals surface area contributed by atoms with Crippen molar-refractivity contribution < 1.29 is 55.8 Å². The third-order valence-electron chi connectivity index (χ3n) is 31.5. The molecular formula is C124H96B3F3N4O9SiSn. The van der Waals surface area contributed by atoms with E-state index in [4.69, 9.17) is 42.6 Å². The van der Waals surface area contributed by atoms with E-state index in [1.165, 1.54) is 67.7 Å². The summed E-state index contributed by atoms with van der Waals surface area (Å²) in [6.07, 6.45) is 0.366. The second kappa shape index (κ2) is 34.3. The first kappa shape index (κ1) is 88.3. The van der Waals surface area contributed by atoms with Gasteiger partial charge in [0.15, 0.2) is 0 Å². The van der Waals surface area contributed by atoms with Crippen LogP contribution in [0.15, 0.2) is 370 Å². The van der Waals surface area contributed by atoms with Crippen LogP contribution >= 0.6 is 0 Å². The molecule has 145 heavy (non-hydrogen) atoms. The Kier molecular flexibility index (Phi) is 20.9. The van der Waals surface area contributed by atoms with Gasteiger partial charge in [-0.1, -0.05) is 134 Å². The number of nitrogens with zero attached hydrogens (tertiary/aromatic N) is 4. The molecule has 11 aliphatic heterocycles. The maximum atomic E-state index is 14.4. The molecule has 18 aromatic carbocycles. The molecule has 0 N–H and O–H groups in total. The molecule has 21 heteroatoms. The van der Waals surface area contributed by atoms with E-state index in [0.29, 0.717) is 28.5 Å². The number of aryl methyl sites for hydroxylation is 1. The summed E-state index contributed by atoms with van der Waals surface area (Å²) in [4.78, 5) is 9.34. The van der Waals surface area contributed by atoms with E-state index in [2.05, 4.69) is 273 Å². The Morgan fingerprint density at radius 2 is 0.531 bits per heavy atom. The minimum atomic E-state index is -4.61. The number of ether oxygens (including phenoxy) is 9. The summed E-state index contributed by atoms with van der Waals surface area (Å²) in [6, 6.07) is 127. The van der Waals surface area contributed by atoms with E-state index in [-0.39, 0.29) is 24.9 Å². The van der Waals surface area contributed by atoms with Crippen molar-refractivity contribution in [1.82, 2.24) is 0 Å². The van der Waals surface area contributed by atoms with Crippen molar-refractivity contribution in [2.24, 2.45) is 11.8 Å². The molecule has 0 aliphatic carbocycles. The topological polar surface area (TPSA) is 96.0 Å². The molecule has 11 heterocycles. The van der Waals surface area contributed by atoms with Crippen molar-refractivity contribution in [1.29, 1.82) is 0 Å². The van der Waals surface area contributed by atoms with E-state index in [1.54, 1.807) is 7.16 Å². The van der Waals surface area contributed by atoms with Gasteiger partial charge >= 0.3 is 297 Å². The fourth-order valence-corrected chi connectivity index (χ4v) is 46.8. The first-order valence-corrected chi connectivity index (χ1v) is 60.3. The Labute approximate surface area is 846 Å². The second-order valence-electron chi connectivity index (χ2n) is 40.0. The maximum Gasteiger partial charge on any atom is 0.416 e. The van der Waals surface area contributed by atoms with E-state index < -0.39 is 44.9 Å². The fourth-order valence-electron chi connectivity index (χ4n) is 24.8. The third kappa shape index (κ3) is 14.2. The van der Waals surface area contributed by atoms with Gasteiger partial charge in [-0.3, -0.25) is 0 Å². The summed E-state index contributed by atoms with van der Waals surface area (Å²) in [5.74, 6) is 14.1. The first-order valence-electron chi connectivity index (χ1n) is 50.4. The molecule has 0 bridgehead atoms. The van der Waals surface area contributed by atoms with Gasteiger partial charge < -0.3 is 43.1 Å². The van der Waals surface area contributed by atoms with Crippen molar-refractivity contribution in [3.63, 3.8) is 0 Å². The van der Waals surface area contributed by atoms with Crippen molar-refractivity contribution >= 4 is 182 Å². The number of benzene rings is 18. The van der Waals surface area contributed by atoms with Crippen LogP contribution in [0.25, 0.3) is 11.1 Å². The van der Waals surface area contributed by atoms with Gasteiger partial charge in [0, 0.05) is 90.4 Å². The SMILES string of the molecule is CCC(CC)[CH2][Sn]1([CH2]C(CC)CC)[c]2ccccc2N(c2cc3c4c(c2)Oc2cccc5c2B4c2c(cccc2O3)O5)c2cccc[c]21.C[Si]1(C)c2ccccc2N(c2cc3c4c(c2)Oc2cccc5c2B4c2c(cccc2O3)O5)c2ccccc21.Cc1cc2c3c(c1)Oc1cc(C(F)(F)F)cc4c1B3c1c(cc(-c3cc(N(c5ccccc5)c5ccccc5)cc(N(c5ccccc5)c5ccccc5)c3)cc1O4)O2. The Morgan fingerprint density at radius 1 is 0.276 bits per heavy atom. The Bertz CT molecular complexity index is 7940. The molecule has 0 amide bonds. The van der Waals surface area contributed by atoms with Crippen molar-refractivity contribution in [2.75, 3.05) is 19.6 Å². The quantitative estimate of drug-likeness (QED) is 0.0811. The zero-order valence-corrected chi connectivity index (χ0v) is 84.8. The standard InChI is InChI=1S/C50H32BF3N2O3.C32H22BNO3Si.C30H16BNO3.2C6H13.Sn/c1-31-22-41-47-42(23-31)58-45-28-34(50(52,53)54)29-46-49(45)51(47)48-43(57-41)26-33(27-44(48)59-46)32-24-39(55(35-14-6-2-7-15-35)36-16-8-3-9-17-36)30-40(25-32)56(37-18-10-4-11-19-37)38-20-12-5-13-21-38;1-38(2)28-15-5-3-9-20(28)34(21-10-4-6-16-29(21)38)19-17-26-32-27(18-19)37-25-14-8-12-23-31(25)33(32)30-22(35-23)11-7-13-24(30)36-26;1-3-9-19(10-4-1)32(20-11-5-2-6-12-20)21-17-26-30-27(18-21)35-25-16-8-14-23-29(25)31(30)28-22(33-23)13-7-15-24(28)34-26;2*1-4-6(3)5-2;/h2-30H,1H3;3-18H,1-2H3;1-9,11,13-18H;2*6H,3-5H2,1-2H3;. The van der Waals surface area contributed by atoms with Crippen LogP contribution in [0.3, 0.4) is 0 Å². The summed E-state index contributed by atoms with van der Waals surface area (Å²) in [5.41, 5.74) is 23.2. The van der Waals surface area contributed by atoms with Crippen molar-refractivity contribution in [3.05, 3.63) is 381 Å². The van der Waals surface area contributed by atoms with Gasteiger partial charge in [-0.2, -0.15) is 13.2 Å². The zero-order chi connectivity index (χ0) is 97.6. The minimum absolute atomic E-state index is 0.0162. The van der Waals surface area contributed by atoms with Crippen molar-refractivity contribution in [2.45, 2.75) is 88.4 Å². The number of para-hydroxylation sites is 8. The fraction of sp³-hybridized carbons (Fsp3) is 0.129. The summed E-state index contributed by atoms with van der Waals surface area (Å²) < 4.78 is 108. The molecule has 0 aromatic heterocycles. The van der Waals surface area contributed by atoms with Crippen LogP contribution in [-0.4, -0.2) is 46.6 Å². The van der Waals surface area contributed by atoms with Crippen LogP contribution in [0, 0.1) is 18.8 Å². The Morgan fingerprint density at radius 3 is 0.855 bits per heavy atom. The van der Waals surface area contributed by atoms with Gasteiger partial charge in [0.1, 0.15) is 77.1 Å². The van der Waals surface area contributed by atoms with Gasteiger partial charge in [0.05, 0.1) is 11.3 Å². The Balaban J connectivity index is 0.000000111. The molecule has 0 radical (unpaired) electrons. The molecule has 0 atom stereocenters. The number of hydrogen-bond donors (Lipinski definition) is 0. The predicted molar refractivity (Wildman–Crippen MR) is 586 cm³/mol. The smallest absolute Gasteiger partial charge is 0.416 e. The third-order valence-corrected chi connectivity index (χ3v) is 50.6. The summed E-state index contributed by atoms with van der Waals surface area (Å²) in [5, 5.41) is 2.86. The van der Waals surface area contributed by atoms with Gasteiger partial charge in [-0.05, 0) is 174 Å². The number of fused-ring (bicyclic) bond motifs is 4. The normalized spacial score (nSPS) is 14.4. The average Bonchev–Trinajstić information content (AvgIpc) is 0.697. The minimum Gasteiger partial charge on any atom is -0.458 e. The van der Waals surface area contributed by atoms with Gasteiger partial charge in [0.2, 0.25) is 0 Å². The average molecular weight is 2020 g/mol. The molecule has 704 valence electrons. The number of alkyl halides is 3. The molecule has 0 saturated carbocycles. The van der Waals surface area contributed by atoms with Crippen LogP contribution < -0.4 is 129 Å². The second-order valence-corrected chi connectivity index (χ2v) is 55.9. The molecule has 29 rings (SSSR count). The summed E-state index contributed by atoms with van der Waals surface area (Å²) >= 11 is -3.25. The van der Waals surface area contributed by atoms with E-state index in [1.807, 2.05) is 153 Å². The monoisotopic (exact) mass is 2020 g/mol. The number of anilines is 12. The molecule has 11 aliphatic rings. The number of hydrogen-bond acceptors (Lipinski definition) is 13.